The SMILES string of the molecule is COC(=O)N[C@]1(C)C[C@H](C(=O)N2C[C@@H]3[C@H](C2)[C@H]3c2cccc(C(C)C)c2)C1. The second kappa shape index (κ2) is 6.54. The highest BCUT2D eigenvalue weighted by Crippen LogP contribution is 2.58. The Morgan fingerprint density at radius 1 is 1.22 bits per heavy atom. The highest BCUT2D eigenvalue weighted by molar-refractivity contribution is 5.81. The van der Waals surface area contributed by atoms with Crippen LogP contribution >= 0.6 is 0 Å². The molecule has 5 heteroatoms. The number of ether oxygens (including phenoxy) is 1. The first-order valence-electron chi connectivity index (χ1n) is 10.1. The molecular formula is C22H30N2O3. The Morgan fingerprint density at radius 3 is 2.48 bits per heavy atom. The van der Waals surface area contributed by atoms with Crippen LogP contribution < -0.4 is 5.32 Å². The van der Waals surface area contributed by atoms with E-state index in [2.05, 4.69) is 53.1 Å². The molecule has 3 fully saturated rings. The Kier molecular flexibility index (Phi) is 4.44. The number of methoxy groups -OCH3 is 1. The Labute approximate surface area is 161 Å². The zero-order valence-corrected chi connectivity index (χ0v) is 16.7. The molecule has 3 aliphatic rings. The first-order valence-corrected chi connectivity index (χ1v) is 10.1. The summed E-state index contributed by atoms with van der Waals surface area (Å²) in [6, 6.07) is 8.98. The Bertz CT molecular complexity index is 742. The molecule has 146 valence electrons. The summed E-state index contributed by atoms with van der Waals surface area (Å²) in [6.45, 7) is 8.21. The quantitative estimate of drug-likeness (QED) is 0.882. The summed E-state index contributed by atoms with van der Waals surface area (Å²) < 4.78 is 4.67. The predicted octanol–water partition coefficient (Wildman–Crippen LogP) is 3.51. The van der Waals surface area contributed by atoms with E-state index in [9.17, 15) is 9.59 Å². The van der Waals surface area contributed by atoms with E-state index in [-0.39, 0.29) is 17.4 Å². The number of amides is 2. The predicted molar refractivity (Wildman–Crippen MR) is 104 cm³/mol. The van der Waals surface area contributed by atoms with Crippen molar-refractivity contribution in [3.63, 3.8) is 0 Å². The molecule has 0 bridgehead atoms. The van der Waals surface area contributed by atoms with Crippen molar-refractivity contribution in [2.45, 2.75) is 51.0 Å². The van der Waals surface area contributed by atoms with Crippen molar-refractivity contribution < 1.29 is 14.3 Å². The van der Waals surface area contributed by atoms with Crippen molar-refractivity contribution in [3.05, 3.63) is 35.4 Å². The fourth-order valence-electron chi connectivity index (χ4n) is 5.19. The fourth-order valence-corrected chi connectivity index (χ4v) is 5.19. The van der Waals surface area contributed by atoms with Crippen LogP contribution in [0.1, 0.15) is 56.6 Å². The Morgan fingerprint density at radius 2 is 1.89 bits per heavy atom. The molecule has 2 saturated carbocycles. The number of hydrogen-bond acceptors (Lipinski definition) is 3. The Hall–Kier alpha value is -2.04. The van der Waals surface area contributed by atoms with Gasteiger partial charge in [-0.05, 0) is 54.6 Å². The summed E-state index contributed by atoms with van der Waals surface area (Å²) in [5, 5.41) is 2.85. The lowest BCUT2D eigenvalue weighted by Crippen LogP contribution is -2.58. The van der Waals surface area contributed by atoms with Crippen molar-refractivity contribution in [3.8, 4) is 0 Å². The van der Waals surface area contributed by atoms with Crippen LogP contribution in [-0.4, -0.2) is 42.6 Å². The third kappa shape index (κ3) is 3.32. The zero-order chi connectivity index (χ0) is 19.3. The van der Waals surface area contributed by atoms with Crippen molar-refractivity contribution in [1.29, 1.82) is 0 Å². The minimum atomic E-state index is -0.419. The van der Waals surface area contributed by atoms with Gasteiger partial charge in [-0.3, -0.25) is 4.79 Å². The standard InChI is InChI=1S/C22H30N2O3/c1-13(2)14-6-5-7-15(8-14)19-17-11-24(12-18(17)19)20(25)16-9-22(3,10-16)23-21(26)27-4/h5-8,13,16-19H,9-12H2,1-4H3,(H,23,26)/t16-,17-,18+,19+,22+. The maximum Gasteiger partial charge on any atom is 0.407 e. The molecule has 1 aliphatic heterocycles. The van der Waals surface area contributed by atoms with Gasteiger partial charge in [0.2, 0.25) is 5.91 Å². The van der Waals surface area contributed by atoms with Crippen LogP contribution in [0.3, 0.4) is 0 Å². The molecule has 1 saturated heterocycles. The van der Waals surface area contributed by atoms with E-state index in [1.54, 1.807) is 0 Å². The highest BCUT2D eigenvalue weighted by atomic mass is 16.5. The van der Waals surface area contributed by atoms with Gasteiger partial charge in [-0.2, -0.15) is 0 Å². The van der Waals surface area contributed by atoms with Gasteiger partial charge in [0.25, 0.3) is 0 Å². The van der Waals surface area contributed by atoms with E-state index in [1.165, 1.54) is 18.2 Å². The molecule has 0 unspecified atom stereocenters. The van der Waals surface area contributed by atoms with Gasteiger partial charge in [0.05, 0.1) is 7.11 Å². The number of carbonyl (C=O) groups excluding carboxylic acids is 2. The van der Waals surface area contributed by atoms with Crippen LogP contribution in [0.4, 0.5) is 4.79 Å². The molecule has 2 amide bonds. The van der Waals surface area contributed by atoms with Crippen LogP contribution in [0, 0.1) is 17.8 Å². The van der Waals surface area contributed by atoms with Gasteiger partial charge in [0.1, 0.15) is 0 Å². The largest absolute Gasteiger partial charge is 0.453 e. The van der Waals surface area contributed by atoms with Crippen LogP contribution in [0.15, 0.2) is 24.3 Å². The monoisotopic (exact) mass is 370 g/mol. The highest BCUT2D eigenvalue weighted by Gasteiger charge is 2.58. The number of nitrogens with one attached hydrogen (secondary N) is 1. The lowest BCUT2D eigenvalue weighted by atomic mass is 9.69. The van der Waals surface area contributed by atoms with Gasteiger partial charge in [-0.1, -0.05) is 38.1 Å². The second-order valence-corrected chi connectivity index (χ2v) is 9.20. The maximum atomic E-state index is 12.8. The first kappa shape index (κ1) is 18.3. The van der Waals surface area contributed by atoms with E-state index in [1.807, 2.05) is 6.92 Å². The van der Waals surface area contributed by atoms with Gasteiger partial charge >= 0.3 is 6.09 Å². The summed E-state index contributed by atoms with van der Waals surface area (Å²) in [4.78, 5) is 26.3. The van der Waals surface area contributed by atoms with Crippen LogP contribution in [0.25, 0.3) is 0 Å². The summed E-state index contributed by atoms with van der Waals surface area (Å²) >= 11 is 0. The molecule has 0 spiro atoms. The molecule has 1 aromatic rings. The minimum absolute atomic E-state index is 0.0346. The number of carbonyl (C=O) groups is 2. The number of fused-ring (bicyclic) bond motifs is 1. The number of benzene rings is 1. The van der Waals surface area contributed by atoms with E-state index >= 15 is 0 Å². The topological polar surface area (TPSA) is 58.6 Å². The Balaban J connectivity index is 1.30. The number of hydrogen-bond donors (Lipinski definition) is 1. The molecule has 5 nitrogen and oxygen atoms in total. The molecule has 2 aliphatic carbocycles. The number of likely N-dealkylation sites (tertiary alicyclic amines) is 1. The van der Waals surface area contributed by atoms with Crippen molar-refractivity contribution in [2.75, 3.05) is 20.2 Å². The summed E-state index contributed by atoms with van der Waals surface area (Å²) in [7, 11) is 1.36. The zero-order valence-electron chi connectivity index (χ0n) is 16.7. The van der Waals surface area contributed by atoms with Crippen LogP contribution in [0.2, 0.25) is 0 Å². The van der Waals surface area contributed by atoms with Gasteiger partial charge in [0.15, 0.2) is 0 Å². The van der Waals surface area contributed by atoms with Crippen molar-refractivity contribution >= 4 is 12.0 Å². The lowest BCUT2D eigenvalue weighted by molar-refractivity contribution is -0.140. The molecule has 27 heavy (non-hydrogen) atoms. The maximum absolute atomic E-state index is 12.8. The molecular weight excluding hydrogens is 340 g/mol. The number of nitrogens with zero attached hydrogens (tertiary/aromatic N) is 1. The van der Waals surface area contributed by atoms with Gasteiger partial charge in [-0.25, -0.2) is 4.79 Å². The molecule has 1 N–H and O–H groups in total. The van der Waals surface area contributed by atoms with Crippen LogP contribution in [-0.2, 0) is 9.53 Å². The van der Waals surface area contributed by atoms with Crippen molar-refractivity contribution in [1.82, 2.24) is 10.2 Å². The number of rotatable bonds is 4. The normalized spacial score (nSPS) is 34.0. The third-order valence-corrected chi connectivity index (χ3v) is 6.80. The fraction of sp³-hybridized carbons (Fsp3) is 0.636. The average molecular weight is 370 g/mol. The summed E-state index contributed by atoms with van der Waals surface area (Å²) in [5.41, 5.74) is 2.54. The smallest absolute Gasteiger partial charge is 0.407 e. The van der Waals surface area contributed by atoms with E-state index in [4.69, 9.17) is 0 Å². The molecule has 0 radical (unpaired) electrons. The average Bonchev–Trinajstić information content (AvgIpc) is 3.12. The summed E-state index contributed by atoms with van der Waals surface area (Å²) in [6.07, 6.45) is 0.983. The molecule has 1 heterocycles. The van der Waals surface area contributed by atoms with E-state index in [0.29, 0.717) is 36.5 Å². The molecule has 1 aromatic carbocycles. The second-order valence-electron chi connectivity index (χ2n) is 9.20. The molecule has 4 rings (SSSR count). The van der Waals surface area contributed by atoms with Gasteiger partial charge in [-0.15, -0.1) is 0 Å². The minimum Gasteiger partial charge on any atom is -0.453 e. The summed E-state index contributed by atoms with van der Waals surface area (Å²) in [5.74, 6) is 2.72. The van der Waals surface area contributed by atoms with E-state index < -0.39 is 6.09 Å². The molecule has 3 atom stereocenters. The van der Waals surface area contributed by atoms with Crippen molar-refractivity contribution in [2.24, 2.45) is 17.8 Å². The number of alkyl carbamates (subject to hydrolysis) is 1. The van der Waals surface area contributed by atoms with Crippen LogP contribution in [0.5, 0.6) is 0 Å². The molecule has 0 aromatic heterocycles. The third-order valence-electron chi connectivity index (χ3n) is 6.80. The van der Waals surface area contributed by atoms with Gasteiger partial charge in [0, 0.05) is 24.5 Å². The first-order chi connectivity index (χ1) is 12.8. The van der Waals surface area contributed by atoms with E-state index in [0.717, 1.165) is 13.1 Å². The van der Waals surface area contributed by atoms with Gasteiger partial charge < -0.3 is 15.0 Å². The lowest BCUT2D eigenvalue weighted by Gasteiger charge is -2.45. The number of piperidine rings is 1.